The lowest BCUT2D eigenvalue weighted by atomic mass is 10.00. The quantitative estimate of drug-likeness (QED) is 0.458. The van der Waals surface area contributed by atoms with Crippen molar-refractivity contribution in [1.29, 1.82) is 0 Å². The molecule has 2 nitrogen and oxygen atoms in total. The molecule has 19 heavy (non-hydrogen) atoms. The SMILES string of the molecule is C=CN/C=C(C=O)\C=C/c1ccc(CC)cc1CC. The third-order valence-electron chi connectivity index (χ3n) is 2.96. The molecule has 0 heterocycles. The van der Waals surface area contributed by atoms with Crippen LogP contribution in [-0.4, -0.2) is 6.29 Å². The molecule has 1 N–H and O–H groups in total. The molecule has 0 radical (unpaired) electrons. The second kappa shape index (κ2) is 8.09. The molecule has 0 aliphatic heterocycles. The van der Waals surface area contributed by atoms with Crippen molar-refractivity contribution in [3.63, 3.8) is 0 Å². The first-order valence-electron chi connectivity index (χ1n) is 6.57. The average molecular weight is 255 g/mol. The standard InChI is InChI=1S/C17H21NO/c1-4-14-7-9-17(16(5-2)11-14)10-8-15(13-19)12-18-6-3/h6-13,18H,3-5H2,1-2H3/b10-8-,15-12+. The minimum Gasteiger partial charge on any atom is -0.368 e. The maximum Gasteiger partial charge on any atom is 0.151 e. The highest BCUT2D eigenvalue weighted by Gasteiger charge is 1.99. The summed E-state index contributed by atoms with van der Waals surface area (Å²) in [6.07, 6.45) is 9.79. The largest absolute Gasteiger partial charge is 0.368 e. The topological polar surface area (TPSA) is 29.1 Å². The molecule has 0 saturated heterocycles. The van der Waals surface area contributed by atoms with Crippen molar-refractivity contribution < 1.29 is 4.79 Å². The molecule has 1 aromatic rings. The predicted molar refractivity (Wildman–Crippen MR) is 81.7 cm³/mol. The first-order valence-corrected chi connectivity index (χ1v) is 6.57. The fourth-order valence-electron chi connectivity index (χ4n) is 1.81. The maximum absolute atomic E-state index is 10.9. The van der Waals surface area contributed by atoms with Gasteiger partial charge in [-0.05, 0) is 41.8 Å². The Labute approximate surface area is 115 Å². The monoisotopic (exact) mass is 255 g/mol. The molecule has 0 aliphatic rings. The van der Waals surface area contributed by atoms with Gasteiger partial charge >= 0.3 is 0 Å². The molecular formula is C17H21NO. The number of carbonyl (C=O) groups is 1. The molecule has 0 aliphatic carbocycles. The molecule has 0 atom stereocenters. The Hall–Kier alpha value is -2.09. The summed E-state index contributed by atoms with van der Waals surface area (Å²) in [7, 11) is 0. The van der Waals surface area contributed by atoms with E-state index in [0.717, 1.165) is 24.7 Å². The van der Waals surface area contributed by atoms with Crippen LogP contribution in [0.1, 0.15) is 30.5 Å². The van der Waals surface area contributed by atoms with E-state index < -0.39 is 0 Å². The molecule has 0 spiro atoms. The minimum absolute atomic E-state index is 0.585. The highest BCUT2D eigenvalue weighted by Crippen LogP contribution is 2.15. The van der Waals surface area contributed by atoms with Crippen molar-refractivity contribution in [2.24, 2.45) is 0 Å². The zero-order valence-electron chi connectivity index (χ0n) is 11.6. The summed E-state index contributed by atoms with van der Waals surface area (Å²) in [6.45, 7) is 7.83. The van der Waals surface area contributed by atoms with Gasteiger partial charge in [0.15, 0.2) is 6.29 Å². The van der Waals surface area contributed by atoms with Gasteiger partial charge < -0.3 is 5.32 Å². The summed E-state index contributed by atoms with van der Waals surface area (Å²) in [5.41, 5.74) is 4.39. The van der Waals surface area contributed by atoms with Crippen molar-refractivity contribution in [3.05, 3.63) is 65.5 Å². The van der Waals surface area contributed by atoms with Crippen LogP contribution < -0.4 is 5.32 Å². The van der Waals surface area contributed by atoms with E-state index in [1.165, 1.54) is 17.3 Å². The average Bonchev–Trinajstić information content (AvgIpc) is 2.47. The lowest BCUT2D eigenvalue weighted by molar-refractivity contribution is -0.104. The van der Waals surface area contributed by atoms with Crippen LogP contribution in [0.2, 0.25) is 0 Å². The Morgan fingerprint density at radius 2 is 2.11 bits per heavy atom. The summed E-state index contributed by atoms with van der Waals surface area (Å²) in [6, 6.07) is 6.47. The van der Waals surface area contributed by atoms with Crippen LogP contribution in [0.5, 0.6) is 0 Å². The van der Waals surface area contributed by atoms with Gasteiger partial charge in [-0.3, -0.25) is 4.79 Å². The van der Waals surface area contributed by atoms with Crippen LogP contribution in [0.15, 0.2) is 48.8 Å². The van der Waals surface area contributed by atoms with Crippen molar-refractivity contribution in [1.82, 2.24) is 5.32 Å². The summed E-state index contributed by atoms with van der Waals surface area (Å²) in [4.78, 5) is 10.9. The second-order valence-corrected chi connectivity index (χ2v) is 4.21. The van der Waals surface area contributed by atoms with Gasteiger partial charge in [-0.25, -0.2) is 0 Å². The number of hydrogen-bond acceptors (Lipinski definition) is 2. The van der Waals surface area contributed by atoms with Crippen LogP contribution >= 0.6 is 0 Å². The molecule has 0 bridgehead atoms. The van der Waals surface area contributed by atoms with Crippen LogP contribution in [-0.2, 0) is 17.6 Å². The first kappa shape index (κ1) is 15.0. The van der Waals surface area contributed by atoms with E-state index in [4.69, 9.17) is 0 Å². The number of rotatable bonds is 7. The van der Waals surface area contributed by atoms with E-state index in [0.29, 0.717) is 5.57 Å². The van der Waals surface area contributed by atoms with Gasteiger partial charge in [0.25, 0.3) is 0 Å². The van der Waals surface area contributed by atoms with Gasteiger partial charge in [0, 0.05) is 11.8 Å². The lowest BCUT2D eigenvalue weighted by Crippen LogP contribution is -1.94. The minimum atomic E-state index is 0.585. The van der Waals surface area contributed by atoms with E-state index in [-0.39, 0.29) is 0 Å². The smallest absolute Gasteiger partial charge is 0.151 e. The first-order chi connectivity index (χ1) is 9.24. The Morgan fingerprint density at radius 1 is 1.32 bits per heavy atom. The van der Waals surface area contributed by atoms with Crippen molar-refractivity contribution >= 4 is 12.4 Å². The molecule has 0 unspecified atom stereocenters. The van der Waals surface area contributed by atoms with E-state index >= 15 is 0 Å². The van der Waals surface area contributed by atoms with E-state index in [1.807, 2.05) is 12.2 Å². The summed E-state index contributed by atoms with van der Waals surface area (Å²) >= 11 is 0. The Balaban J connectivity index is 2.97. The van der Waals surface area contributed by atoms with Crippen LogP contribution in [0.3, 0.4) is 0 Å². The molecule has 0 fully saturated rings. The van der Waals surface area contributed by atoms with Crippen molar-refractivity contribution in [3.8, 4) is 0 Å². The van der Waals surface area contributed by atoms with Crippen LogP contribution in [0.4, 0.5) is 0 Å². The fraction of sp³-hybridized carbons (Fsp3) is 0.235. The molecular weight excluding hydrogens is 234 g/mol. The van der Waals surface area contributed by atoms with E-state index in [2.05, 4.69) is 43.9 Å². The number of carbonyl (C=O) groups excluding carboxylic acids is 1. The third-order valence-corrected chi connectivity index (χ3v) is 2.96. The zero-order chi connectivity index (χ0) is 14.1. The van der Waals surface area contributed by atoms with Gasteiger partial charge in [-0.15, -0.1) is 0 Å². The Morgan fingerprint density at radius 3 is 2.68 bits per heavy atom. The van der Waals surface area contributed by atoms with Gasteiger partial charge in [0.05, 0.1) is 0 Å². The predicted octanol–water partition coefficient (Wildman–Crippen LogP) is 3.64. The number of nitrogens with one attached hydrogen (secondary N) is 1. The second-order valence-electron chi connectivity index (χ2n) is 4.21. The molecule has 0 aromatic heterocycles. The molecule has 0 saturated carbocycles. The number of allylic oxidation sites excluding steroid dienone is 2. The van der Waals surface area contributed by atoms with Crippen molar-refractivity contribution in [2.45, 2.75) is 26.7 Å². The fourth-order valence-corrected chi connectivity index (χ4v) is 1.81. The summed E-state index contributed by atoms with van der Waals surface area (Å²) in [5, 5.41) is 2.80. The molecule has 100 valence electrons. The molecule has 0 amide bonds. The summed E-state index contributed by atoms with van der Waals surface area (Å²) < 4.78 is 0. The summed E-state index contributed by atoms with van der Waals surface area (Å²) in [5.74, 6) is 0. The van der Waals surface area contributed by atoms with Crippen LogP contribution in [0.25, 0.3) is 6.08 Å². The molecule has 1 aromatic carbocycles. The van der Waals surface area contributed by atoms with Gasteiger partial charge in [-0.1, -0.05) is 44.7 Å². The normalized spacial score (nSPS) is 11.6. The number of benzene rings is 1. The van der Waals surface area contributed by atoms with Crippen LogP contribution in [0, 0.1) is 0 Å². The van der Waals surface area contributed by atoms with Gasteiger partial charge in [0.1, 0.15) is 0 Å². The van der Waals surface area contributed by atoms with Crippen molar-refractivity contribution in [2.75, 3.05) is 0 Å². The Kier molecular flexibility index (Phi) is 6.37. The highest BCUT2D eigenvalue weighted by atomic mass is 16.1. The molecule has 1 rings (SSSR count). The van der Waals surface area contributed by atoms with Gasteiger partial charge in [0.2, 0.25) is 0 Å². The Bertz CT molecular complexity index is 498. The maximum atomic E-state index is 10.9. The number of aryl methyl sites for hydroxylation is 2. The third kappa shape index (κ3) is 4.59. The van der Waals surface area contributed by atoms with E-state index in [1.54, 1.807) is 6.20 Å². The number of hydrogen-bond donors (Lipinski definition) is 1. The van der Waals surface area contributed by atoms with Gasteiger partial charge in [-0.2, -0.15) is 0 Å². The zero-order valence-corrected chi connectivity index (χ0v) is 11.6. The molecule has 2 heteroatoms. The van der Waals surface area contributed by atoms with E-state index in [9.17, 15) is 4.79 Å². The highest BCUT2D eigenvalue weighted by molar-refractivity contribution is 5.80. The number of aldehydes is 1. The lowest BCUT2D eigenvalue weighted by Gasteiger charge is -2.06.